The van der Waals surface area contributed by atoms with E-state index in [9.17, 15) is 9.90 Å². The zero-order valence-corrected chi connectivity index (χ0v) is 13.5. The fraction of sp³-hybridized carbons (Fsp3) is 0.125. The van der Waals surface area contributed by atoms with Crippen LogP contribution in [0.15, 0.2) is 52.0 Å². The third kappa shape index (κ3) is 4.89. The number of rotatable bonds is 5. The van der Waals surface area contributed by atoms with Gasteiger partial charge in [-0.05, 0) is 42.8 Å². The first-order valence-electron chi connectivity index (χ1n) is 6.54. The van der Waals surface area contributed by atoms with Crippen molar-refractivity contribution in [2.24, 2.45) is 5.10 Å². The number of aryl methyl sites for hydroxylation is 1. The summed E-state index contributed by atoms with van der Waals surface area (Å²) in [5, 5.41) is 13.4. The molecular formula is C16H15BrN2O3. The van der Waals surface area contributed by atoms with E-state index in [4.69, 9.17) is 4.74 Å². The van der Waals surface area contributed by atoms with Crippen molar-refractivity contribution in [2.45, 2.75) is 6.92 Å². The van der Waals surface area contributed by atoms with E-state index < -0.39 is 0 Å². The summed E-state index contributed by atoms with van der Waals surface area (Å²) < 4.78 is 6.16. The Balaban J connectivity index is 1.85. The minimum absolute atomic E-state index is 0.0807. The summed E-state index contributed by atoms with van der Waals surface area (Å²) in [5.41, 5.74) is 3.89. The fourth-order valence-electron chi connectivity index (χ4n) is 1.69. The number of hydrazone groups is 1. The van der Waals surface area contributed by atoms with E-state index in [2.05, 4.69) is 26.5 Å². The number of amides is 1. The molecule has 0 saturated carbocycles. The van der Waals surface area contributed by atoms with Gasteiger partial charge in [-0.2, -0.15) is 5.10 Å². The molecule has 2 aromatic carbocycles. The highest BCUT2D eigenvalue weighted by Gasteiger charge is 2.02. The monoisotopic (exact) mass is 362 g/mol. The molecule has 5 nitrogen and oxygen atoms in total. The van der Waals surface area contributed by atoms with E-state index >= 15 is 0 Å². The molecule has 0 radical (unpaired) electrons. The van der Waals surface area contributed by atoms with Gasteiger partial charge in [0.15, 0.2) is 6.61 Å². The van der Waals surface area contributed by atoms with Crippen molar-refractivity contribution in [3.05, 3.63) is 58.1 Å². The lowest BCUT2D eigenvalue weighted by Crippen LogP contribution is -2.24. The Hall–Kier alpha value is -2.34. The number of phenolic OH excluding ortho intramolecular Hbond substituents is 1. The summed E-state index contributed by atoms with van der Waals surface area (Å²) in [6, 6.07) is 12.4. The molecule has 0 aliphatic rings. The number of halogens is 1. The smallest absolute Gasteiger partial charge is 0.277 e. The van der Waals surface area contributed by atoms with Crippen molar-refractivity contribution in [2.75, 3.05) is 6.61 Å². The molecule has 0 aliphatic heterocycles. The molecule has 0 unspecified atom stereocenters. The second kappa shape index (κ2) is 7.61. The standard InChI is InChI=1S/C16H15BrN2O3/c1-11-3-2-4-14(7-11)22-10-16(21)19-18-9-12-8-13(17)5-6-15(12)20/h2-9,20H,10H2,1H3,(H,19,21)/b18-9-. The zero-order chi connectivity index (χ0) is 15.9. The van der Waals surface area contributed by atoms with Gasteiger partial charge in [0.25, 0.3) is 5.91 Å². The van der Waals surface area contributed by atoms with Crippen molar-refractivity contribution < 1.29 is 14.6 Å². The van der Waals surface area contributed by atoms with Crippen LogP contribution in [-0.4, -0.2) is 23.8 Å². The molecule has 1 amide bonds. The summed E-state index contributed by atoms with van der Waals surface area (Å²) in [4.78, 5) is 11.6. The van der Waals surface area contributed by atoms with Crippen LogP contribution in [0, 0.1) is 6.92 Å². The van der Waals surface area contributed by atoms with Crippen LogP contribution in [0.5, 0.6) is 11.5 Å². The van der Waals surface area contributed by atoms with Gasteiger partial charge >= 0.3 is 0 Å². The molecule has 0 spiro atoms. The molecule has 0 fully saturated rings. The van der Waals surface area contributed by atoms with Crippen LogP contribution in [0.25, 0.3) is 0 Å². The average Bonchev–Trinajstić information content (AvgIpc) is 2.49. The molecular weight excluding hydrogens is 348 g/mol. The molecule has 2 N–H and O–H groups in total. The summed E-state index contributed by atoms with van der Waals surface area (Å²) in [5.74, 6) is 0.327. The van der Waals surface area contributed by atoms with E-state index in [1.54, 1.807) is 18.2 Å². The van der Waals surface area contributed by atoms with Crippen molar-refractivity contribution in [3.8, 4) is 11.5 Å². The first-order valence-corrected chi connectivity index (χ1v) is 7.34. The third-order valence-corrected chi connectivity index (χ3v) is 3.24. The van der Waals surface area contributed by atoms with Gasteiger partial charge in [0.2, 0.25) is 0 Å². The molecule has 6 heteroatoms. The van der Waals surface area contributed by atoms with Gasteiger partial charge in [0.1, 0.15) is 11.5 Å². The van der Waals surface area contributed by atoms with E-state index in [1.165, 1.54) is 12.3 Å². The number of hydrogen-bond acceptors (Lipinski definition) is 4. The molecule has 2 rings (SSSR count). The zero-order valence-electron chi connectivity index (χ0n) is 11.9. The molecule has 0 aliphatic carbocycles. The molecule has 22 heavy (non-hydrogen) atoms. The van der Waals surface area contributed by atoms with E-state index in [0.717, 1.165) is 10.0 Å². The number of hydrogen-bond donors (Lipinski definition) is 2. The molecule has 114 valence electrons. The van der Waals surface area contributed by atoms with Crippen LogP contribution >= 0.6 is 15.9 Å². The number of carbonyl (C=O) groups is 1. The van der Waals surface area contributed by atoms with Gasteiger partial charge in [0, 0.05) is 10.0 Å². The number of phenols is 1. The maximum atomic E-state index is 11.6. The predicted octanol–water partition coefficient (Wildman–Crippen LogP) is 2.99. The lowest BCUT2D eigenvalue weighted by Gasteiger charge is -2.05. The molecule has 2 aromatic rings. The SMILES string of the molecule is Cc1cccc(OCC(=O)N/N=C\c2cc(Br)ccc2O)c1. The number of nitrogens with zero attached hydrogens (tertiary/aromatic N) is 1. The van der Waals surface area contributed by atoms with Crippen molar-refractivity contribution >= 4 is 28.1 Å². The number of nitrogens with one attached hydrogen (secondary N) is 1. The van der Waals surface area contributed by atoms with Crippen LogP contribution in [0.1, 0.15) is 11.1 Å². The Morgan fingerprint density at radius 1 is 1.36 bits per heavy atom. The van der Waals surface area contributed by atoms with Gasteiger partial charge in [0.05, 0.1) is 6.21 Å². The Bertz CT molecular complexity index is 702. The normalized spacial score (nSPS) is 10.6. The van der Waals surface area contributed by atoms with Crippen molar-refractivity contribution in [1.82, 2.24) is 5.43 Å². The average molecular weight is 363 g/mol. The number of carbonyl (C=O) groups excluding carboxylic acids is 1. The number of aromatic hydroxyl groups is 1. The van der Waals surface area contributed by atoms with Crippen LogP contribution in [-0.2, 0) is 4.79 Å². The third-order valence-electron chi connectivity index (χ3n) is 2.74. The summed E-state index contributed by atoms with van der Waals surface area (Å²) >= 11 is 3.29. The Morgan fingerprint density at radius 3 is 2.95 bits per heavy atom. The summed E-state index contributed by atoms with van der Waals surface area (Å²) in [7, 11) is 0. The van der Waals surface area contributed by atoms with Crippen LogP contribution in [0.3, 0.4) is 0 Å². The second-order valence-electron chi connectivity index (χ2n) is 4.60. The first-order chi connectivity index (χ1) is 10.5. The highest BCUT2D eigenvalue weighted by Crippen LogP contribution is 2.19. The van der Waals surface area contributed by atoms with E-state index in [0.29, 0.717) is 11.3 Å². The van der Waals surface area contributed by atoms with Gasteiger partial charge in [-0.15, -0.1) is 0 Å². The van der Waals surface area contributed by atoms with E-state index in [1.807, 2.05) is 25.1 Å². The number of ether oxygens (including phenoxy) is 1. The molecule has 0 saturated heterocycles. The van der Waals surface area contributed by atoms with Gasteiger partial charge in [-0.25, -0.2) is 5.43 Å². The van der Waals surface area contributed by atoms with E-state index in [-0.39, 0.29) is 18.3 Å². The largest absolute Gasteiger partial charge is 0.507 e. The highest BCUT2D eigenvalue weighted by molar-refractivity contribution is 9.10. The van der Waals surface area contributed by atoms with Gasteiger partial charge < -0.3 is 9.84 Å². The fourth-order valence-corrected chi connectivity index (χ4v) is 2.07. The molecule has 0 bridgehead atoms. The van der Waals surface area contributed by atoms with Crippen LogP contribution in [0.4, 0.5) is 0 Å². The minimum atomic E-state index is -0.382. The first kappa shape index (κ1) is 16.0. The topological polar surface area (TPSA) is 70.9 Å². The Labute approximate surface area is 136 Å². The lowest BCUT2D eigenvalue weighted by atomic mass is 10.2. The highest BCUT2D eigenvalue weighted by atomic mass is 79.9. The Kier molecular flexibility index (Phi) is 5.55. The second-order valence-corrected chi connectivity index (χ2v) is 5.52. The maximum Gasteiger partial charge on any atom is 0.277 e. The predicted molar refractivity (Wildman–Crippen MR) is 88.2 cm³/mol. The van der Waals surface area contributed by atoms with Crippen LogP contribution in [0.2, 0.25) is 0 Å². The number of benzene rings is 2. The van der Waals surface area contributed by atoms with Crippen molar-refractivity contribution in [3.63, 3.8) is 0 Å². The molecule has 0 heterocycles. The van der Waals surface area contributed by atoms with Crippen molar-refractivity contribution in [1.29, 1.82) is 0 Å². The molecule has 0 aromatic heterocycles. The summed E-state index contributed by atoms with van der Waals surface area (Å²) in [6.45, 7) is 1.81. The Morgan fingerprint density at radius 2 is 2.18 bits per heavy atom. The van der Waals surface area contributed by atoms with Crippen LogP contribution < -0.4 is 10.2 Å². The molecule has 0 atom stereocenters. The maximum absolute atomic E-state index is 11.6. The van der Waals surface area contributed by atoms with Gasteiger partial charge in [-0.1, -0.05) is 28.1 Å². The quantitative estimate of drug-likeness (QED) is 0.634. The van der Waals surface area contributed by atoms with Gasteiger partial charge in [-0.3, -0.25) is 4.79 Å². The minimum Gasteiger partial charge on any atom is -0.507 e. The lowest BCUT2D eigenvalue weighted by molar-refractivity contribution is -0.123. The summed E-state index contributed by atoms with van der Waals surface area (Å²) in [6.07, 6.45) is 1.37.